The van der Waals surface area contributed by atoms with Crippen molar-refractivity contribution in [2.45, 2.75) is 26.6 Å². The summed E-state index contributed by atoms with van der Waals surface area (Å²) in [6.45, 7) is 8.84. The molecule has 0 bridgehead atoms. The first-order chi connectivity index (χ1) is 14.9. The van der Waals surface area contributed by atoms with Gasteiger partial charge in [-0.3, -0.25) is 14.6 Å². The number of piperazine rings is 1. The summed E-state index contributed by atoms with van der Waals surface area (Å²) in [5, 5.41) is 14.0. The Morgan fingerprint density at radius 2 is 1.71 bits per heavy atom. The SMILES string of the molecule is Cc1cccc(C)c1NC(=O)CN1CCN(C[C@@H](O)COCc2ccccc2Cl)CC1. The average Bonchev–Trinajstić information content (AvgIpc) is 2.74. The van der Waals surface area contributed by atoms with E-state index in [1.54, 1.807) is 0 Å². The lowest BCUT2D eigenvalue weighted by Gasteiger charge is -2.35. The Kier molecular flexibility index (Phi) is 8.87. The van der Waals surface area contributed by atoms with E-state index in [-0.39, 0.29) is 12.5 Å². The van der Waals surface area contributed by atoms with Crippen molar-refractivity contribution in [3.63, 3.8) is 0 Å². The molecule has 1 heterocycles. The van der Waals surface area contributed by atoms with Crippen molar-refractivity contribution in [2.75, 3.05) is 51.2 Å². The van der Waals surface area contributed by atoms with E-state index in [4.69, 9.17) is 16.3 Å². The highest BCUT2D eigenvalue weighted by atomic mass is 35.5. The minimum atomic E-state index is -0.554. The van der Waals surface area contributed by atoms with Crippen molar-refractivity contribution in [1.29, 1.82) is 0 Å². The quantitative estimate of drug-likeness (QED) is 0.621. The van der Waals surface area contributed by atoms with Crippen molar-refractivity contribution in [3.05, 3.63) is 64.2 Å². The number of halogens is 1. The molecule has 1 amide bonds. The van der Waals surface area contributed by atoms with E-state index in [2.05, 4.69) is 15.1 Å². The van der Waals surface area contributed by atoms with Gasteiger partial charge < -0.3 is 15.2 Å². The Morgan fingerprint density at radius 1 is 1.06 bits per heavy atom. The zero-order valence-corrected chi connectivity index (χ0v) is 19.1. The van der Waals surface area contributed by atoms with Crippen LogP contribution < -0.4 is 5.32 Å². The third kappa shape index (κ3) is 7.30. The number of hydrogen-bond donors (Lipinski definition) is 2. The van der Waals surface area contributed by atoms with Gasteiger partial charge >= 0.3 is 0 Å². The highest BCUT2D eigenvalue weighted by Crippen LogP contribution is 2.19. The molecule has 0 aliphatic carbocycles. The molecule has 168 valence electrons. The van der Waals surface area contributed by atoms with Crippen LogP contribution >= 0.6 is 11.6 Å². The molecule has 1 aliphatic heterocycles. The van der Waals surface area contributed by atoms with Gasteiger partial charge in [-0.2, -0.15) is 0 Å². The zero-order valence-electron chi connectivity index (χ0n) is 18.3. The number of benzene rings is 2. The van der Waals surface area contributed by atoms with Crippen LogP contribution in [-0.2, 0) is 16.1 Å². The summed E-state index contributed by atoms with van der Waals surface area (Å²) in [5.74, 6) is 0.0128. The number of amides is 1. The van der Waals surface area contributed by atoms with Gasteiger partial charge in [0.1, 0.15) is 0 Å². The van der Waals surface area contributed by atoms with Gasteiger partial charge in [-0.05, 0) is 36.6 Å². The molecule has 6 nitrogen and oxygen atoms in total. The van der Waals surface area contributed by atoms with Crippen molar-refractivity contribution in [3.8, 4) is 0 Å². The number of ether oxygens (including phenoxy) is 1. The fourth-order valence-electron chi connectivity index (χ4n) is 3.79. The summed E-state index contributed by atoms with van der Waals surface area (Å²) >= 11 is 6.12. The predicted molar refractivity (Wildman–Crippen MR) is 125 cm³/mol. The van der Waals surface area contributed by atoms with Crippen molar-refractivity contribution in [1.82, 2.24) is 9.80 Å². The smallest absolute Gasteiger partial charge is 0.238 e. The van der Waals surface area contributed by atoms with Crippen LogP contribution in [0.1, 0.15) is 16.7 Å². The lowest BCUT2D eigenvalue weighted by Crippen LogP contribution is -2.50. The van der Waals surface area contributed by atoms with E-state index in [1.807, 2.05) is 56.3 Å². The van der Waals surface area contributed by atoms with Gasteiger partial charge in [0.05, 0.1) is 25.9 Å². The standard InChI is InChI=1S/C24H32ClN3O3/c1-18-6-5-7-19(2)24(18)26-23(30)15-28-12-10-27(11-13-28)14-21(29)17-31-16-20-8-3-4-9-22(20)25/h3-9,21,29H,10-17H2,1-2H3,(H,26,30)/t21-/m1/s1. The molecule has 0 aromatic heterocycles. The third-order valence-corrected chi connectivity index (χ3v) is 5.94. The Balaban J connectivity index is 1.34. The van der Waals surface area contributed by atoms with Crippen LogP contribution in [-0.4, -0.2) is 72.8 Å². The van der Waals surface area contributed by atoms with E-state index in [0.717, 1.165) is 48.6 Å². The number of aliphatic hydroxyl groups excluding tert-OH is 1. The largest absolute Gasteiger partial charge is 0.389 e. The van der Waals surface area contributed by atoms with Gasteiger partial charge in [-0.25, -0.2) is 0 Å². The van der Waals surface area contributed by atoms with E-state index in [0.29, 0.717) is 24.7 Å². The number of para-hydroxylation sites is 1. The van der Waals surface area contributed by atoms with Crippen LogP contribution in [0.5, 0.6) is 0 Å². The summed E-state index contributed by atoms with van der Waals surface area (Å²) in [6, 6.07) is 13.6. The van der Waals surface area contributed by atoms with Gasteiger partial charge in [0, 0.05) is 43.4 Å². The van der Waals surface area contributed by atoms with Crippen molar-refractivity contribution in [2.24, 2.45) is 0 Å². The highest BCUT2D eigenvalue weighted by Gasteiger charge is 2.21. The Morgan fingerprint density at radius 3 is 2.39 bits per heavy atom. The molecule has 0 saturated carbocycles. The molecule has 2 aromatic rings. The molecule has 0 unspecified atom stereocenters. The number of rotatable bonds is 9. The molecule has 0 spiro atoms. The first-order valence-corrected chi connectivity index (χ1v) is 11.1. The lowest BCUT2D eigenvalue weighted by molar-refractivity contribution is -0.117. The van der Waals surface area contributed by atoms with Gasteiger partial charge in [-0.15, -0.1) is 0 Å². The van der Waals surface area contributed by atoms with E-state index in [1.165, 1.54) is 0 Å². The fraction of sp³-hybridized carbons (Fsp3) is 0.458. The number of anilines is 1. The summed E-state index contributed by atoms with van der Waals surface area (Å²) in [5.41, 5.74) is 3.98. The average molecular weight is 446 g/mol. The summed E-state index contributed by atoms with van der Waals surface area (Å²) in [6.07, 6.45) is -0.554. The molecule has 1 aliphatic rings. The molecule has 1 saturated heterocycles. The summed E-state index contributed by atoms with van der Waals surface area (Å²) in [7, 11) is 0. The molecule has 0 radical (unpaired) electrons. The fourth-order valence-corrected chi connectivity index (χ4v) is 3.99. The highest BCUT2D eigenvalue weighted by molar-refractivity contribution is 6.31. The van der Waals surface area contributed by atoms with Crippen molar-refractivity contribution < 1.29 is 14.6 Å². The summed E-state index contributed by atoms with van der Waals surface area (Å²) in [4.78, 5) is 16.8. The second-order valence-corrected chi connectivity index (χ2v) is 8.56. The number of carbonyl (C=O) groups is 1. The number of hydrogen-bond acceptors (Lipinski definition) is 5. The number of β-amino-alcohol motifs (C(OH)–C–C–N with tert-alkyl or cyclic N) is 1. The van der Waals surface area contributed by atoms with Gasteiger partial charge in [0.25, 0.3) is 0 Å². The Hall–Kier alpha value is -1.96. The van der Waals surface area contributed by atoms with Crippen LogP contribution in [0.15, 0.2) is 42.5 Å². The maximum Gasteiger partial charge on any atom is 0.238 e. The third-order valence-electron chi connectivity index (χ3n) is 5.57. The van der Waals surface area contributed by atoms with Crippen LogP contribution in [0.2, 0.25) is 5.02 Å². The molecule has 2 aromatic carbocycles. The first kappa shape index (κ1) is 23.7. The number of nitrogens with zero attached hydrogens (tertiary/aromatic N) is 2. The van der Waals surface area contributed by atoms with E-state index < -0.39 is 6.10 Å². The van der Waals surface area contributed by atoms with E-state index >= 15 is 0 Å². The van der Waals surface area contributed by atoms with E-state index in [9.17, 15) is 9.90 Å². The lowest BCUT2D eigenvalue weighted by atomic mass is 10.1. The maximum absolute atomic E-state index is 12.5. The van der Waals surface area contributed by atoms with Gasteiger partial charge in [0.2, 0.25) is 5.91 Å². The van der Waals surface area contributed by atoms with Crippen LogP contribution in [0.25, 0.3) is 0 Å². The van der Waals surface area contributed by atoms with Crippen LogP contribution in [0, 0.1) is 13.8 Å². The number of carbonyl (C=O) groups excluding carboxylic acids is 1. The Bertz CT molecular complexity index is 849. The van der Waals surface area contributed by atoms with Crippen molar-refractivity contribution >= 4 is 23.2 Å². The molecule has 1 atom stereocenters. The Labute approximate surface area is 189 Å². The normalized spacial score (nSPS) is 16.3. The molecular weight excluding hydrogens is 414 g/mol. The van der Waals surface area contributed by atoms with Gasteiger partial charge in [0.15, 0.2) is 0 Å². The predicted octanol–water partition coefficient (Wildman–Crippen LogP) is 3.09. The monoisotopic (exact) mass is 445 g/mol. The topological polar surface area (TPSA) is 65.0 Å². The maximum atomic E-state index is 12.5. The molecule has 7 heteroatoms. The van der Waals surface area contributed by atoms with Crippen LogP contribution in [0.3, 0.4) is 0 Å². The molecule has 31 heavy (non-hydrogen) atoms. The molecule has 3 rings (SSSR count). The number of aryl methyl sites for hydroxylation is 2. The summed E-state index contributed by atoms with van der Waals surface area (Å²) < 4.78 is 5.63. The number of aliphatic hydroxyl groups is 1. The minimum absolute atomic E-state index is 0.0128. The zero-order chi connectivity index (χ0) is 22.2. The molecular formula is C24H32ClN3O3. The second kappa shape index (κ2) is 11.6. The van der Waals surface area contributed by atoms with Gasteiger partial charge in [-0.1, -0.05) is 48.0 Å². The minimum Gasteiger partial charge on any atom is -0.389 e. The second-order valence-electron chi connectivity index (χ2n) is 8.15. The first-order valence-electron chi connectivity index (χ1n) is 10.7. The number of nitrogens with one attached hydrogen (secondary N) is 1. The van der Waals surface area contributed by atoms with Crippen LogP contribution in [0.4, 0.5) is 5.69 Å². The molecule has 1 fully saturated rings. The molecule has 2 N–H and O–H groups in total.